The SMILES string of the molecule is CC(=O)N1CCC[C@@H]1c1cc([N+](=O)[O-])c(N)cc1F. The molecule has 6 nitrogen and oxygen atoms in total. The van der Waals surface area contributed by atoms with Crippen molar-refractivity contribution in [3.63, 3.8) is 0 Å². The molecule has 1 atom stereocenters. The molecule has 0 bridgehead atoms. The number of nitrogens with two attached hydrogens (primary N) is 1. The van der Waals surface area contributed by atoms with Crippen LogP contribution in [-0.2, 0) is 4.79 Å². The summed E-state index contributed by atoms with van der Waals surface area (Å²) in [6.45, 7) is 1.94. The molecule has 1 aromatic carbocycles. The third-order valence-corrected chi connectivity index (χ3v) is 3.36. The highest BCUT2D eigenvalue weighted by Crippen LogP contribution is 2.36. The van der Waals surface area contributed by atoms with Crippen molar-refractivity contribution in [3.8, 4) is 0 Å². The minimum absolute atomic E-state index is 0.161. The zero-order valence-electron chi connectivity index (χ0n) is 10.4. The van der Waals surface area contributed by atoms with Gasteiger partial charge in [-0.25, -0.2) is 4.39 Å². The molecule has 1 aromatic rings. The number of hydrogen-bond acceptors (Lipinski definition) is 4. The minimum Gasteiger partial charge on any atom is -0.393 e. The standard InChI is InChI=1S/C12H14FN3O3/c1-7(17)15-4-2-3-11(15)8-5-12(16(18)19)10(14)6-9(8)13/h5-6,11H,2-4,14H2,1H3/t11-/m1/s1. The van der Waals surface area contributed by atoms with Crippen molar-refractivity contribution >= 4 is 17.3 Å². The normalized spacial score (nSPS) is 18.6. The van der Waals surface area contributed by atoms with Crippen molar-refractivity contribution in [2.45, 2.75) is 25.8 Å². The molecule has 7 heteroatoms. The summed E-state index contributed by atoms with van der Waals surface area (Å²) in [5, 5.41) is 10.8. The van der Waals surface area contributed by atoms with Crippen LogP contribution in [0.15, 0.2) is 12.1 Å². The number of carbonyl (C=O) groups is 1. The largest absolute Gasteiger partial charge is 0.393 e. The highest BCUT2D eigenvalue weighted by Gasteiger charge is 2.31. The summed E-state index contributed by atoms with van der Waals surface area (Å²) in [4.78, 5) is 23.2. The number of halogens is 1. The van der Waals surface area contributed by atoms with Gasteiger partial charge in [-0.05, 0) is 12.8 Å². The summed E-state index contributed by atoms with van der Waals surface area (Å²) in [5.74, 6) is -0.775. The Morgan fingerprint density at radius 1 is 1.58 bits per heavy atom. The van der Waals surface area contributed by atoms with E-state index in [0.29, 0.717) is 13.0 Å². The molecule has 0 radical (unpaired) electrons. The third kappa shape index (κ3) is 2.35. The van der Waals surface area contributed by atoms with E-state index in [1.54, 1.807) is 0 Å². The number of likely N-dealkylation sites (tertiary alicyclic amines) is 1. The number of benzene rings is 1. The molecule has 0 aliphatic carbocycles. The van der Waals surface area contributed by atoms with Gasteiger partial charge >= 0.3 is 0 Å². The predicted octanol–water partition coefficient (Wildman–Crippen LogP) is 2.00. The number of nitro groups is 1. The summed E-state index contributed by atoms with van der Waals surface area (Å²) < 4.78 is 13.9. The van der Waals surface area contributed by atoms with Crippen molar-refractivity contribution in [1.29, 1.82) is 0 Å². The fourth-order valence-corrected chi connectivity index (χ4v) is 2.47. The molecule has 0 spiro atoms. The Kier molecular flexibility index (Phi) is 3.37. The van der Waals surface area contributed by atoms with Gasteiger partial charge < -0.3 is 10.6 Å². The first kappa shape index (κ1) is 13.3. The predicted molar refractivity (Wildman–Crippen MR) is 66.8 cm³/mol. The van der Waals surface area contributed by atoms with Crippen LogP contribution in [0.3, 0.4) is 0 Å². The summed E-state index contributed by atoms with van der Waals surface area (Å²) >= 11 is 0. The van der Waals surface area contributed by atoms with E-state index in [1.807, 2.05) is 0 Å². The fourth-order valence-electron chi connectivity index (χ4n) is 2.47. The van der Waals surface area contributed by atoms with Crippen LogP contribution in [0.4, 0.5) is 15.8 Å². The first-order valence-electron chi connectivity index (χ1n) is 5.92. The second-order valence-electron chi connectivity index (χ2n) is 4.56. The van der Waals surface area contributed by atoms with Crippen LogP contribution >= 0.6 is 0 Å². The van der Waals surface area contributed by atoms with E-state index < -0.39 is 16.8 Å². The molecule has 0 unspecified atom stereocenters. The number of rotatable bonds is 2. The first-order valence-corrected chi connectivity index (χ1v) is 5.92. The van der Waals surface area contributed by atoms with Crippen LogP contribution in [0.2, 0.25) is 0 Å². The van der Waals surface area contributed by atoms with Crippen molar-refractivity contribution < 1.29 is 14.1 Å². The fraction of sp³-hybridized carbons (Fsp3) is 0.417. The number of nitro benzene ring substituents is 1. The summed E-state index contributed by atoms with van der Waals surface area (Å²) in [5.41, 5.74) is 5.05. The van der Waals surface area contributed by atoms with E-state index in [1.165, 1.54) is 11.8 Å². The van der Waals surface area contributed by atoms with E-state index in [2.05, 4.69) is 0 Å². The van der Waals surface area contributed by atoms with Gasteiger partial charge in [0.05, 0.1) is 11.0 Å². The number of hydrogen-bond donors (Lipinski definition) is 1. The Labute approximate surface area is 109 Å². The Bertz CT molecular complexity index is 547. The molecule has 2 rings (SSSR count). The molecule has 1 saturated heterocycles. The van der Waals surface area contributed by atoms with Gasteiger partial charge in [0.25, 0.3) is 5.69 Å². The molecular formula is C12H14FN3O3. The van der Waals surface area contributed by atoms with Crippen molar-refractivity contribution in [1.82, 2.24) is 4.90 Å². The monoisotopic (exact) mass is 267 g/mol. The molecule has 1 amide bonds. The average Bonchev–Trinajstić information content (AvgIpc) is 2.77. The van der Waals surface area contributed by atoms with Gasteiger partial charge in [-0.1, -0.05) is 0 Å². The minimum atomic E-state index is -0.647. The topological polar surface area (TPSA) is 89.5 Å². The average molecular weight is 267 g/mol. The van der Waals surface area contributed by atoms with E-state index in [-0.39, 0.29) is 22.8 Å². The number of amides is 1. The van der Waals surface area contributed by atoms with Crippen molar-refractivity contribution in [2.24, 2.45) is 0 Å². The van der Waals surface area contributed by atoms with Crippen LogP contribution in [0, 0.1) is 15.9 Å². The Morgan fingerprint density at radius 2 is 2.26 bits per heavy atom. The van der Waals surface area contributed by atoms with Crippen LogP contribution in [-0.4, -0.2) is 22.3 Å². The van der Waals surface area contributed by atoms with Crippen LogP contribution in [0.1, 0.15) is 31.4 Å². The second kappa shape index (κ2) is 4.83. The van der Waals surface area contributed by atoms with Crippen LogP contribution in [0.5, 0.6) is 0 Å². The molecular weight excluding hydrogens is 253 g/mol. The van der Waals surface area contributed by atoms with Gasteiger partial charge in [-0.3, -0.25) is 14.9 Å². The van der Waals surface area contributed by atoms with Crippen molar-refractivity contribution in [3.05, 3.63) is 33.6 Å². The molecule has 102 valence electrons. The van der Waals surface area contributed by atoms with Gasteiger partial charge in [0.15, 0.2) is 0 Å². The summed E-state index contributed by atoms with van der Waals surface area (Å²) in [6, 6.07) is 1.64. The van der Waals surface area contributed by atoms with Gasteiger partial charge in [-0.2, -0.15) is 0 Å². The second-order valence-corrected chi connectivity index (χ2v) is 4.56. The number of nitrogens with zero attached hydrogens (tertiary/aromatic N) is 2. The van der Waals surface area contributed by atoms with Gasteiger partial charge in [0, 0.05) is 31.2 Å². The number of nitrogen functional groups attached to an aromatic ring is 1. The van der Waals surface area contributed by atoms with Gasteiger partial charge in [0.1, 0.15) is 11.5 Å². The smallest absolute Gasteiger partial charge is 0.292 e. The Balaban J connectivity index is 2.47. The first-order chi connectivity index (χ1) is 8.91. The maximum absolute atomic E-state index is 13.9. The zero-order valence-corrected chi connectivity index (χ0v) is 10.4. The van der Waals surface area contributed by atoms with Gasteiger partial charge in [-0.15, -0.1) is 0 Å². The maximum Gasteiger partial charge on any atom is 0.292 e. The Morgan fingerprint density at radius 3 is 2.84 bits per heavy atom. The molecule has 2 N–H and O–H groups in total. The van der Waals surface area contributed by atoms with E-state index in [9.17, 15) is 19.3 Å². The molecule has 1 aliphatic rings. The Hall–Kier alpha value is -2.18. The molecule has 19 heavy (non-hydrogen) atoms. The lowest BCUT2D eigenvalue weighted by Gasteiger charge is -2.24. The molecule has 0 aromatic heterocycles. The highest BCUT2D eigenvalue weighted by molar-refractivity contribution is 5.74. The van der Waals surface area contributed by atoms with E-state index in [4.69, 9.17) is 5.73 Å². The lowest BCUT2D eigenvalue weighted by molar-refractivity contribution is -0.384. The molecule has 0 saturated carbocycles. The third-order valence-electron chi connectivity index (χ3n) is 3.36. The molecule has 1 heterocycles. The van der Waals surface area contributed by atoms with Crippen LogP contribution in [0.25, 0.3) is 0 Å². The van der Waals surface area contributed by atoms with Crippen molar-refractivity contribution in [2.75, 3.05) is 12.3 Å². The maximum atomic E-state index is 13.9. The lowest BCUT2D eigenvalue weighted by atomic mass is 10.0. The highest BCUT2D eigenvalue weighted by atomic mass is 19.1. The lowest BCUT2D eigenvalue weighted by Crippen LogP contribution is -2.28. The quantitative estimate of drug-likeness (QED) is 0.504. The van der Waals surface area contributed by atoms with E-state index >= 15 is 0 Å². The summed E-state index contributed by atoms with van der Waals surface area (Å²) in [6.07, 6.45) is 1.35. The number of carbonyl (C=O) groups excluding carboxylic acids is 1. The molecule has 1 fully saturated rings. The van der Waals surface area contributed by atoms with Gasteiger partial charge in [0.2, 0.25) is 5.91 Å². The van der Waals surface area contributed by atoms with Crippen LogP contribution < -0.4 is 5.73 Å². The molecule has 1 aliphatic heterocycles. The summed E-state index contributed by atoms with van der Waals surface area (Å²) in [7, 11) is 0. The number of anilines is 1. The van der Waals surface area contributed by atoms with E-state index in [0.717, 1.165) is 18.6 Å². The zero-order chi connectivity index (χ0) is 14.2.